The van der Waals surface area contributed by atoms with Gasteiger partial charge in [-0.25, -0.2) is 0 Å². The molecule has 0 atom stereocenters. The van der Waals surface area contributed by atoms with Crippen LogP contribution in [-0.2, 0) is 9.59 Å². The molecule has 3 N–H and O–H groups in total. The maximum atomic E-state index is 12.0. The van der Waals surface area contributed by atoms with Crippen molar-refractivity contribution in [2.24, 2.45) is 5.41 Å². The van der Waals surface area contributed by atoms with Gasteiger partial charge in [0.2, 0.25) is 5.91 Å². The summed E-state index contributed by atoms with van der Waals surface area (Å²) in [6, 6.07) is 4.60. The van der Waals surface area contributed by atoms with Crippen LogP contribution in [0.15, 0.2) is 18.2 Å². The van der Waals surface area contributed by atoms with Crippen LogP contribution in [0.4, 0.5) is 5.69 Å². The molecular formula is C15H20N2O5. The lowest BCUT2D eigenvalue weighted by atomic mass is 9.89. The molecule has 0 spiro atoms. The summed E-state index contributed by atoms with van der Waals surface area (Å²) in [5, 5.41) is 14.1. The van der Waals surface area contributed by atoms with Gasteiger partial charge >= 0.3 is 5.97 Å². The first-order valence-electron chi connectivity index (χ1n) is 6.64. The third-order valence-corrected chi connectivity index (χ3v) is 3.14. The van der Waals surface area contributed by atoms with Crippen molar-refractivity contribution in [1.82, 2.24) is 5.32 Å². The van der Waals surface area contributed by atoms with E-state index in [1.54, 1.807) is 12.1 Å². The molecule has 0 radical (unpaired) electrons. The first-order chi connectivity index (χ1) is 10.2. The summed E-state index contributed by atoms with van der Waals surface area (Å²) < 4.78 is 5.13. The molecule has 0 unspecified atom stereocenters. The van der Waals surface area contributed by atoms with Crippen LogP contribution >= 0.6 is 0 Å². The quantitative estimate of drug-likeness (QED) is 0.738. The molecule has 0 aromatic heterocycles. The fourth-order valence-electron chi connectivity index (χ4n) is 1.76. The summed E-state index contributed by atoms with van der Waals surface area (Å²) in [7, 11) is 2.94. The summed E-state index contributed by atoms with van der Waals surface area (Å²) in [4.78, 5) is 34.7. The number of carboxylic acids is 1. The van der Waals surface area contributed by atoms with Crippen molar-refractivity contribution < 1.29 is 24.2 Å². The predicted molar refractivity (Wildman–Crippen MR) is 81.0 cm³/mol. The lowest BCUT2D eigenvalue weighted by Gasteiger charge is -2.19. The van der Waals surface area contributed by atoms with Gasteiger partial charge in [0.15, 0.2) is 0 Å². The normalized spacial score (nSPS) is 10.7. The lowest BCUT2D eigenvalue weighted by Crippen LogP contribution is -2.29. The number of hydrogen-bond acceptors (Lipinski definition) is 4. The van der Waals surface area contributed by atoms with Gasteiger partial charge in [-0.05, 0) is 32.0 Å². The molecule has 0 aliphatic carbocycles. The first kappa shape index (κ1) is 17.5. The molecule has 0 aliphatic rings. The Balaban J connectivity index is 2.98. The van der Waals surface area contributed by atoms with Crippen molar-refractivity contribution in [3.8, 4) is 5.75 Å². The Morgan fingerprint density at radius 2 is 1.91 bits per heavy atom. The van der Waals surface area contributed by atoms with Crippen molar-refractivity contribution in [3.63, 3.8) is 0 Å². The molecule has 7 nitrogen and oxygen atoms in total. The van der Waals surface area contributed by atoms with E-state index in [2.05, 4.69) is 10.6 Å². The molecule has 120 valence electrons. The third-order valence-electron chi connectivity index (χ3n) is 3.14. The fourth-order valence-corrected chi connectivity index (χ4v) is 1.76. The van der Waals surface area contributed by atoms with Crippen molar-refractivity contribution >= 4 is 23.5 Å². The number of amides is 2. The number of methoxy groups -OCH3 is 1. The average molecular weight is 308 g/mol. The zero-order valence-corrected chi connectivity index (χ0v) is 13.0. The molecule has 0 saturated carbocycles. The lowest BCUT2D eigenvalue weighted by molar-refractivity contribution is -0.148. The average Bonchev–Trinajstić information content (AvgIpc) is 2.45. The SMILES string of the molecule is CNC(=O)c1ccc(OC)c(NC(=O)CC(C)(C)C(=O)O)c1. The Morgan fingerprint density at radius 3 is 2.41 bits per heavy atom. The zero-order valence-electron chi connectivity index (χ0n) is 13.0. The van der Waals surface area contributed by atoms with Crippen molar-refractivity contribution in [3.05, 3.63) is 23.8 Å². The summed E-state index contributed by atoms with van der Waals surface area (Å²) in [5.74, 6) is -1.45. The molecular weight excluding hydrogens is 288 g/mol. The van der Waals surface area contributed by atoms with E-state index in [-0.39, 0.29) is 12.3 Å². The van der Waals surface area contributed by atoms with E-state index in [0.29, 0.717) is 17.0 Å². The largest absolute Gasteiger partial charge is 0.495 e. The second-order valence-electron chi connectivity index (χ2n) is 5.41. The van der Waals surface area contributed by atoms with E-state index in [0.717, 1.165) is 0 Å². The Kier molecular flexibility index (Phi) is 5.50. The Hall–Kier alpha value is -2.57. The smallest absolute Gasteiger partial charge is 0.309 e. The zero-order chi connectivity index (χ0) is 16.9. The highest BCUT2D eigenvalue weighted by atomic mass is 16.5. The third kappa shape index (κ3) is 4.21. The van der Waals surface area contributed by atoms with Crippen LogP contribution in [0.25, 0.3) is 0 Å². The van der Waals surface area contributed by atoms with E-state index < -0.39 is 17.3 Å². The molecule has 2 amide bonds. The van der Waals surface area contributed by atoms with E-state index >= 15 is 0 Å². The van der Waals surface area contributed by atoms with Crippen LogP contribution in [0.3, 0.4) is 0 Å². The van der Waals surface area contributed by atoms with Gasteiger partial charge in [0, 0.05) is 19.0 Å². The Labute approximate surface area is 128 Å². The number of benzene rings is 1. The summed E-state index contributed by atoms with van der Waals surface area (Å²) in [5.41, 5.74) is -0.513. The van der Waals surface area contributed by atoms with Crippen LogP contribution in [0, 0.1) is 5.41 Å². The van der Waals surface area contributed by atoms with Gasteiger partial charge in [0.05, 0.1) is 18.2 Å². The summed E-state index contributed by atoms with van der Waals surface area (Å²) in [6.45, 7) is 2.93. The van der Waals surface area contributed by atoms with Crippen LogP contribution in [0.5, 0.6) is 5.75 Å². The number of hydrogen-bond donors (Lipinski definition) is 3. The van der Waals surface area contributed by atoms with E-state index in [1.807, 2.05) is 0 Å². The number of carbonyl (C=O) groups excluding carboxylic acids is 2. The van der Waals surface area contributed by atoms with Gasteiger partial charge in [0.25, 0.3) is 5.91 Å². The number of aliphatic carboxylic acids is 1. The standard InChI is InChI=1S/C15H20N2O5/c1-15(2,14(20)21)8-12(18)17-10-7-9(13(19)16-3)5-6-11(10)22-4/h5-7H,8H2,1-4H3,(H,16,19)(H,17,18)(H,20,21). The minimum absolute atomic E-state index is 0.199. The molecule has 1 aromatic rings. The molecule has 0 aliphatic heterocycles. The number of carbonyl (C=O) groups is 3. The predicted octanol–water partition coefficient (Wildman–Crippen LogP) is 1.49. The molecule has 0 fully saturated rings. The molecule has 0 heterocycles. The second-order valence-corrected chi connectivity index (χ2v) is 5.41. The van der Waals surface area contributed by atoms with Crippen molar-refractivity contribution in [1.29, 1.82) is 0 Å². The van der Waals surface area contributed by atoms with Gasteiger partial charge in [-0.1, -0.05) is 0 Å². The van der Waals surface area contributed by atoms with Gasteiger partial charge in [0.1, 0.15) is 5.75 Å². The van der Waals surface area contributed by atoms with Crippen molar-refractivity contribution in [2.45, 2.75) is 20.3 Å². The molecule has 22 heavy (non-hydrogen) atoms. The summed E-state index contributed by atoms with van der Waals surface area (Å²) >= 11 is 0. The van der Waals surface area contributed by atoms with Gasteiger partial charge in [-0.15, -0.1) is 0 Å². The van der Waals surface area contributed by atoms with Gasteiger partial charge < -0.3 is 20.5 Å². The highest BCUT2D eigenvalue weighted by molar-refractivity contribution is 5.99. The first-order valence-corrected chi connectivity index (χ1v) is 6.64. The topological polar surface area (TPSA) is 105 Å². The number of rotatable bonds is 6. The Morgan fingerprint density at radius 1 is 1.27 bits per heavy atom. The van der Waals surface area contributed by atoms with Crippen LogP contribution < -0.4 is 15.4 Å². The number of ether oxygens (including phenoxy) is 1. The van der Waals surface area contributed by atoms with Gasteiger partial charge in [-0.3, -0.25) is 14.4 Å². The van der Waals surface area contributed by atoms with E-state index in [1.165, 1.54) is 34.1 Å². The van der Waals surface area contributed by atoms with Crippen LogP contribution in [0.1, 0.15) is 30.6 Å². The van der Waals surface area contributed by atoms with Crippen molar-refractivity contribution in [2.75, 3.05) is 19.5 Å². The summed E-state index contributed by atoms with van der Waals surface area (Å²) in [6.07, 6.45) is -0.199. The molecule has 1 rings (SSSR count). The monoisotopic (exact) mass is 308 g/mol. The fraction of sp³-hybridized carbons (Fsp3) is 0.400. The molecule has 0 saturated heterocycles. The second kappa shape index (κ2) is 6.93. The minimum Gasteiger partial charge on any atom is -0.495 e. The molecule has 1 aromatic carbocycles. The van der Waals surface area contributed by atoms with Crippen LogP contribution in [0.2, 0.25) is 0 Å². The highest BCUT2D eigenvalue weighted by Gasteiger charge is 2.30. The number of nitrogens with one attached hydrogen (secondary N) is 2. The highest BCUT2D eigenvalue weighted by Crippen LogP contribution is 2.27. The minimum atomic E-state index is -1.18. The van der Waals surface area contributed by atoms with E-state index in [9.17, 15) is 14.4 Å². The Bertz CT molecular complexity index is 596. The molecule has 0 bridgehead atoms. The number of anilines is 1. The number of carboxylic acid groups (broad SMARTS) is 1. The molecule has 7 heteroatoms. The maximum absolute atomic E-state index is 12.0. The van der Waals surface area contributed by atoms with Gasteiger partial charge in [-0.2, -0.15) is 0 Å². The van der Waals surface area contributed by atoms with Crippen LogP contribution in [-0.4, -0.2) is 37.0 Å². The van der Waals surface area contributed by atoms with E-state index in [4.69, 9.17) is 9.84 Å². The maximum Gasteiger partial charge on any atom is 0.309 e.